The van der Waals surface area contributed by atoms with Gasteiger partial charge in [-0.3, -0.25) is 0 Å². The molecule has 1 aliphatic heterocycles. The van der Waals surface area contributed by atoms with E-state index in [-0.39, 0.29) is 6.10 Å². The van der Waals surface area contributed by atoms with Crippen LogP contribution in [0.25, 0.3) is 0 Å². The Morgan fingerprint density at radius 1 is 0.458 bits per heavy atom. The van der Waals surface area contributed by atoms with Crippen LogP contribution in [-0.4, -0.2) is 78.8 Å². The van der Waals surface area contributed by atoms with Crippen LogP contribution in [-0.2, 0) is 28.4 Å². The Labute approximate surface area is 146 Å². The summed E-state index contributed by atoms with van der Waals surface area (Å²) in [6.07, 6.45) is 6.63. The van der Waals surface area contributed by atoms with Gasteiger partial charge in [-0.2, -0.15) is 0 Å². The molecule has 1 saturated heterocycles. The fraction of sp³-hybridized carbons (Fsp3) is 1.00. The summed E-state index contributed by atoms with van der Waals surface area (Å²) in [6, 6.07) is 0. The number of hydrogen-bond acceptors (Lipinski definition) is 6. The molecule has 0 N–H and O–H groups in total. The zero-order valence-electron chi connectivity index (χ0n) is 14.9. The van der Waals surface area contributed by atoms with E-state index in [4.69, 9.17) is 28.4 Å². The van der Waals surface area contributed by atoms with Crippen molar-refractivity contribution in [1.29, 1.82) is 0 Å². The van der Waals surface area contributed by atoms with Crippen LogP contribution in [0.15, 0.2) is 0 Å². The summed E-state index contributed by atoms with van der Waals surface area (Å²) in [7, 11) is 0. The van der Waals surface area contributed by atoms with E-state index in [9.17, 15) is 0 Å². The number of hydrogen-bond donors (Lipinski definition) is 0. The Kier molecular flexibility index (Phi) is 11.7. The summed E-state index contributed by atoms with van der Waals surface area (Å²) < 4.78 is 33.8. The Hall–Kier alpha value is -0.240. The van der Waals surface area contributed by atoms with Gasteiger partial charge in [-0.05, 0) is 18.8 Å². The van der Waals surface area contributed by atoms with Gasteiger partial charge in [-0.1, -0.05) is 19.3 Å². The smallest absolute Gasteiger partial charge is 0.0837 e. The van der Waals surface area contributed by atoms with E-state index in [2.05, 4.69) is 0 Å². The van der Waals surface area contributed by atoms with Gasteiger partial charge in [-0.25, -0.2) is 0 Å². The van der Waals surface area contributed by atoms with Crippen LogP contribution in [0.5, 0.6) is 0 Å². The third-order valence-corrected chi connectivity index (χ3v) is 4.51. The first-order chi connectivity index (χ1) is 12.0. The minimum atomic E-state index is 0.173. The van der Waals surface area contributed by atoms with Crippen LogP contribution in [0.4, 0.5) is 0 Å². The first-order valence-electron chi connectivity index (χ1n) is 9.47. The van der Waals surface area contributed by atoms with Crippen molar-refractivity contribution in [2.75, 3.05) is 72.7 Å². The molecule has 142 valence electrons. The molecule has 1 atom stereocenters. The quantitative estimate of drug-likeness (QED) is 0.724. The lowest BCUT2D eigenvalue weighted by Gasteiger charge is -2.30. The molecule has 2 aliphatic rings. The highest BCUT2D eigenvalue weighted by Crippen LogP contribution is 2.28. The highest BCUT2D eigenvalue weighted by atomic mass is 16.6. The largest absolute Gasteiger partial charge is 0.377 e. The average molecular weight is 346 g/mol. The summed E-state index contributed by atoms with van der Waals surface area (Å²) in [4.78, 5) is 0. The average Bonchev–Trinajstić information content (AvgIpc) is 2.62. The Bertz CT molecular complexity index is 265. The maximum Gasteiger partial charge on any atom is 0.0837 e. The van der Waals surface area contributed by atoms with Gasteiger partial charge in [-0.15, -0.1) is 0 Å². The third-order valence-electron chi connectivity index (χ3n) is 4.51. The Balaban J connectivity index is 1.70. The molecular weight excluding hydrogens is 312 g/mol. The van der Waals surface area contributed by atoms with Gasteiger partial charge in [0.2, 0.25) is 0 Å². The zero-order chi connectivity index (χ0) is 16.7. The van der Waals surface area contributed by atoms with Crippen molar-refractivity contribution in [2.45, 2.75) is 38.2 Å². The van der Waals surface area contributed by atoms with Gasteiger partial charge in [0.1, 0.15) is 0 Å². The molecule has 0 radical (unpaired) electrons. The second-order valence-electron chi connectivity index (χ2n) is 6.33. The second kappa shape index (κ2) is 14.0. The molecule has 0 aromatic rings. The maximum absolute atomic E-state index is 6.08. The normalized spacial score (nSPS) is 28.8. The molecule has 24 heavy (non-hydrogen) atoms. The second-order valence-corrected chi connectivity index (χ2v) is 6.33. The van der Waals surface area contributed by atoms with Gasteiger partial charge in [0.15, 0.2) is 0 Å². The van der Waals surface area contributed by atoms with E-state index < -0.39 is 0 Å². The minimum absolute atomic E-state index is 0.173. The van der Waals surface area contributed by atoms with E-state index in [0.29, 0.717) is 78.6 Å². The zero-order valence-corrected chi connectivity index (χ0v) is 14.9. The molecule has 6 heteroatoms. The van der Waals surface area contributed by atoms with Crippen LogP contribution in [0, 0.1) is 5.92 Å². The molecule has 1 saturated carbocycles. The topological polar surface area (TPSA) is 55.4 Å². The summed E-state index contributed by atoms with van der Waals surface area (Å²) in [5, 5.41) is 0. The molecule has 0 aromatic heterocycles. The van der Waals surface area contributed by atoms with E-state index in [1.54, 1.807) is 0 Å². The molecule has 1 heterocycles. The highest BCUT2D eigenvalue weighted by molar-refractivity contribution is 4.74. The van der Waals surface area contributed by atoms with Crippen LogP contribution < -0.4 is 0 Å². The van der Waals surface area contributed by atoms with Gasteiger partial charge >= 0.3 is 0 Å². The van der Waals surface area contributed by atoms with Crippen LogP contribution >= 0.6 is 0 Å². The van der Waals surface area contributed by atoms with Crippen molar-refractivity contribution in [1.82, 2.24) is 0 Å². The molecule has 0 bridgehead atoms. The predicted molar refractivity (Wildman–Crippen MR) is 90.4 cm³/mol. The lowest BCUT2D eigenvalue weighted by molar-refractivity contribution is -0.0826. The molecule has 1 unspecified atom stereocenters. The fourth-order valence-electron chi connectivity index (χ4n) is 3.16. The molecule has 2 fully saturated rings. The molecular formula is C18H34O6. The Morgan fingerprint density at radius 3 is 1.46 bits per heavy atom. The first kappa shape index (κ1) is 20.1. The van der Waals surface area contributed by atoms with Crippen LogP contribution in [0.2, 0.25) is 0 Å². The van der Waals surface area contributed by atoms with Crippen molar-refractivity contribution >= 4 is 0 Å². The molecule has 0 amide bonds. The van der Waals surface area contributed by atoms with E-state index >= 15 is 0 Å². The van der Waals surface area contributed by atoms with Crippen molar-refractivity contribution in [3.63, 3.8) is 0 Å². The van der Waals surface area contributed by atoms with Crippen LogP contribution in [0.3, 0.4) is 0 Å². The van der Waals surface area contributed by atoms with E-state index in [1.807, 2.05) is 0 Å². The van der Waals surface area contributed by atoms with Crippen molar-refractivity contribution in [3.8, 4) is 0 Å². The monoisotopic (exact) mass is 346 g/mol. The van der Waals surface area contributed by atoms with Crippen molar-refractivity contribution in [2.24, 2.45) is 5.92 Å². The standard InChI is InChI=1S/C18H34O6/c1-2-4-17(5-3-1)18-16-23-13-12-21-9-8-19-6-7-20-10-11-22-14-15-24-18/h17-18H,1-16H2. The molecule has 6 nitrogen and oxygen atoms in total. The van der Waals surface area contributed by atoms with Gasteiger partial charge < -0.3 is 28.4 Å². The summed E-state index contributed by atoms with van der Waals surface area (Å²) in [6.45, 7) is 6.62. The SMILES string of the molecule is C1CCC(C2COCCOCCOCCOCCOCCO2)CC1. The summed E-state index contributed by atoms with van der Waals surface area (Å²) in [5.41, 5.74) is 0. The summed E-state index contributed by atoms with van der Waals surface area (Å²) >= 11 is 0. The highest BCUT2D eigenvalue weighted by Gasteiger charge is 2.24. The van der Waals surface area contributed by atoms with Gasteiger partial charge in [0.25, 0.3) is 0 Å². The van der Waals surface area contributed by atoms with Gasteiger partial charge in [0.05, 0.1) is 78.8 Å². The molecule has 2 rings (SSSR count). The summed E-state index contributed by atoms with van der Waals surface area (Å²) in [5.74, 6) is 0.613. The van der Waals surface area contributed by atoms with Gasteiger partial charge in [0, 0.05) is 0 Å². The predicted octanol–water partition coefficient (Wildman–Crippen LogP) is 2.05. The van der Waals surface area contributed by atoms with Crippen LogP contribution in [0.1, 0.15) is 32.1 Å². The number of ether oxygens (including phenoxy) is 6. The van der Waals surface area contributed by atoms with E-state index in [1.165, 1.54) is 32.1 Å². The van der Waals surface area contributed by atoms with Crippen molar-refractivity contribution in [3.05, 3.63) is 0 Å². The lowest BCUT2D eigenvalue weighted by atomic mass is 9.85. The maximum atomic E-state index is 6.08. The third kappa shape index (κ3) is 9.30. The molecule has 0 aromatic carbocycles. The van der Waals surface area contributed by atoms with E-state index in [0.717, 1.165) is 0 Å². The Morgan fingerprint density at radius 2 is 0.917 bits per heavy atom. The fourth-order valence-corrected chi connectivity index (χ4v) is 3.16. The molecule has 0 spiro atoms. The lowest BCUT2D eigenvalue weighted by Crippen LogP contribution is -2.32. The van der Waals surface area contributed by atoms with Crippen molar-refractivity contribution < 1.29 is 28.4 Å². The first-order valence-corrected chi connectivity index (χ1v) is 9.47. The number of rotatable bonds is 1. The molecule has 1 aliphatic carbocycles. The minimum Gasteiger partial charge on any atom is -0.377 e.